The van der Waals surface area contributed by atoms with Gasteiger partial charge in [0.2, 0.25) is 5.91 Å². The number of benzene rings is 1. The van der Waals surface area contributed by atoms with Crippen molar-refractivity contribution in [1.82, 2.24) is 4.90 Å². The van der Waals surface area contributed by atoms with Crippen LogP contribution in [0.1, 0.15) is 17.5 Å². The number of carboxylic acids is 1. The van der Waals surface area contributed by atoms with Crippen molar-refractivity contribution in [3.05, 3.63) is 29.3 Å². The molecule has 1 atom stereocenters. The molecule has 0 saturated carbocycles. The van der Waals surface area contributed by atoms with Crippen molar-refractivity contribution in [2.24, 2.45) is 0 Å². The normalized spacial score (nSPS) is 17.8. The maximum Gasteiger partial charge on any atom is 0.327 e. The zero-order valence-corrected chi connectivity index (χ0v) is 13.0. The fourth-order valence-corrected chi connectivity index (χ4v) is 3.34. The summed E-state index contributed by atoms with van der Waals surface area (Å²) >= 11 is 1.46. The van der Waals surface area contributed by atoms with E-state index in [1.165, 1.54) is 16.7 Å². The van der Waals surface area contributed by atoms with Gasteiger partial charge in [0.1, 0.15) is 11.8 Å². The Hall–Kier alpha value is -1.69. The molecule has 1 amide bonds. The Labute approximate surface area is 128 Å². The molecule has 1 N–H and O–H groups in total. The van der Waals surface area contributed by atoms with Gasteiger partial charge in [0.25, 0.3) is 0 Å². The number of aryl methyl sites for hydroxylation is 1. The standard InChI is InChI=1S/C15H19NO4S/c1-10-4-3-5-13(11(10)2)20-7-6-14(17)16-9-21-8-12(16)15(18)19/h3-5,12H,6-9H2,1-2H3,(H,18,19)/t12-/m0/s1. The average molecular weight is 309 g/mol. The lowest BCUT2D eigenvalue weighted by molar-refractivity contribution is -0.147. The van der Waals surface area contributed by atoms with Gasteiger partial charge in [0.15, 0.2) is 0 Å². The molecule has 1 heterocycles. The van der Waals surface area contributed by atoms with Crippen molar-refractivity contribution in [3.8, 4) is 5.75 Å². The summed E-state index contributed by atoms with van der Waals surface area (Å²) in [6, 6.07) is 5.09. The predicted molar refractivity (Wildman–Crippen MR) is 81.6 cm³/mol. The molecule has 1 saturated heterocycles. The molecule has 0 unspecified atom stereocenters. The zero-order valence-electron chi connectivity index (χ0n) is 12.2. The number of hydrogen-bond donors (Lipinski definition) is 1. The van der Waals surface area contributed by atoms with Crippen molar-refractivity contribution in [1.29, 1.82) is 0 Å². The first-order valence-corrected chi connectivity index (χ1v) is 7.95. The van der Waals surface area contributed by atoms with E-state index in [4.69, 9.17) is 9.84 Å². The van der Waals surface area contributed by atoms with Crippen LogP contribution >= 0.6 is 11.8 Å². The Bertz CT molecular complexity index is 546. The van der Waals surface area contributed by atoms with E-state index in [0.717, 1.165) is 16.9 Å². The second-order valence-corrected chi connectivity index (χ2v) is 6.01. The van der Waals surface area contributed by atoms with Crippen LogP contribution in [0, 0.1) is 13.8 Å². The van der Waals surface area contributed by atoms with E-state index < -0.39 is 12.0 Å². The fourth-order valence-electron chi connectivity index (χ4n) is 2.17. The van der Waals surface area contributed by atoms with Gasteiger partial charge in [-0.2, -0.15) is 0 Å². The summed E-state index contributed by atoms with van der Waals surface area (Å²) in [5.41, 5.74) is 2.20. The van der Waals surface area contributed by atoms with Crippen LogP contribution in [-0.4, -0.2) is 46.2 Å². The lowest BCUT2D eigenvalue weighted by Crippen LogP contribution is -2.42. The van der Waals surface area contributed by atoms with Crippen LogP contribution in [0.5, 0.6) is 5.75 Å². The van der Waals surface area contributed by atoms with Crippen LogP contribution in [0.25, 0.3) is 0 Å². The quantitative estimate of drug-likeness (QED) is 0.902. The molecule has 0 spiro atoms. The Morgan fingerprint density at radius 2 is 2.19 bits per heavy atom. The number of carboxylic acid groups (broad SMARTS) is 1. The van der Waals surface area contributed by atoms with Crippen LogP contribution in [0.15, 0.2) is 18.2 Å². The van der Waals surface area contributed by atoms with Crippen LogP contribution in [0.4, 0.5) is 0 Å². The summed E-state index contributed by atoms with van der Waals surface area (Å²) in [7, 11) is 0. The minimum absolute atomic E-state index is 0.169. The fraction of sp³-hybridized carbons (Fsp3) is 0.467. The third kappa shape index (κ3) is 3.69. The molecule has 1 aromatic carbocycles. The van der Waals surface area contributed by atoms with Gasteiger partial charge < -0.3 is 14.7 Å². The Kier molecular flexibility index (Phi) is 5.12. The molecule has 1 aliphatic rings. The summed E-state index contributed by atoms with van der Waals surface area (Å²) in [6.07, 6.45) is 0.192. The minimum atomic E-state index is -0.941. The highest BCUT2D eigenvalue weighted by Crippen LogP contribution is 2.23. The highest BCUT2D eigenvalue weighted by Gasteiger charge is 2.34. The molecule has 1 aliphatic heterocycles. The molecule has 0 radical (unpaired) electrons. The largest absolute Gasteiger partial charge is 0.493 e. The molecular formula is C15H19NO4S. The van der Waals surface area contributed by atoms with Gasteiger partial charge >= 0.3 is 5.97 Å². The van der Waals surface area contributed by atoms with E-state index in [9.17, 15) is 9.59 Å². The lowest BCUT2D eigenvalue weighted by Gasteiger charge is -2.20. The molecule has 6 heteroatoms. The Morgan fingerprint density at radius 1 is 1.43 bits per heavy atom. The number of aliphatic carboxylic acids is 1. The van der Waals surface area contributed by atoms with E-state index in [1.807, 2.05) is 32.0 Å². The SMILES string of the molecule is Cc1cccc(OCCC(=O)N2CSC[C@H]2C(=O)O)c1C. The number of nitrogens with zero attached hydrogens (tertiary/aromatic N) is 1. The number of amides is 1. The van der Waals surface area contributed by atoms with E-state index in [1.54, 1.807) is 0 Å². The molecule has 2 rings (SSSR count). The second-order valence-electron chi connectivity index (χ2n) is 5.01. The highest BCUT2D eigenvalue weighted by atomic mass is 32.2. The third-order valence-corrected chi connectivity index (χ3v) is 4.63. The zero-order chi connectivity index (χ0) is 15.4. The molecule has 5 nitrogen and oxygen atoms in total. The van der Waals surface area contributed by atoms with Crippen molar-refractivity contribution in [2.45, 2.75) is 26.3 Å². The number of thioether (sulfide) groups is 1. The van der Waals surface area contributed by atoms with Crippen molar-refractivity contribution < 1.29 is 19.4 Å². The van der Waals surface area contributed by atoms with Gasteiger partial charge in [-0.05, 0) is 31.0 Å². The van der Waals surface area contributed by atoms with E-state index in [0.29, 0.717) is 11.6 Å². The minimum Gasteiger partial charge on any atom is -0.493 e. The smallest absolute Gasteiger partial charge is 0.327 e. The predicted octanol–water partition coefficient (Wildman–Crippen LogP) is 2.06. The summed E-state index contributed by atoms with van der Waals surface area (Å²) < 4.78 is 5.64. The number of carbonyl (C=O) groups excluding carboxylic acids is 1. The monoisotopic (exact) mass is 309 g/mol. The van der Waals surface area contributed by atoms with Gasteiger partial charge in [0.05, 0.1) is 18.9 Å². The molecule has 0 aromatic heterocycles. The first-order valence-electron chi connectivity index (χ1n) is 6.79. The number of hydrogen-bond acceptors (Lipinski definition) is 4. The van der Waals surface area contributed by atoms with Gasteiger partial charge in [-0.3, -0.25) is 4.79 Å². The van der Waals surface area contributed by atoms with E-state index in [2.05, 4.69) is 0 Å². The Balaban J connectivity index is 1.87. The van der Waals surface area contributed by atoms with Gasteiger partial charge in [-0.15, -0.1) is 11.8 Å². The topological polar surface area (TPSA) is 66.8 Å². The van der Waals surface area contributed by atoms with Crippen LogP contribution < -0.4 is 4.74 Å². The number of rotatable bonds is 5. The molecule has 0 bridgehead atoms. The van der Waals surface area contributed by atoms with Crippen LogP contribution in [-0.2, 0) is 9.59 Å². The summed E-state index contributed by atoms with van der Waals surface area (Å²) in [5, 5.41) is 9.06. The van der Waals surface area contributed by atoms with Gasteiger partial charge in [-0.25, -0.2) is 4.79 Å². The summed E-state index contributed by atoms with van der Waals surface area (Å²) in [6.45, 7) is 4.24. The van der Waals surface area contributed by atoms with E-state index in [-0.39, 0.29) is 18.9 Å². The summed E-state index contributed by atoms with van der Waals surface area (Å²) in [4.78, 5) is 24.5. The molecular weight excluding hydrogens is 290 g/mol. The second kappa shape index (κ2) is 6.85. The molecule has 21 heavy (non-hydrogen) atoms. The first-order chi connectivity index (χ1) is 10.0. The van der Waals surface area contributed by atoms with Gasteiger partial charge in [0, 0.05) is 5.75 Å². The Morgan fingerprint density at radius 3 is 2.90 bits per heavy atom. The average Bonchev–Trinajstić information content (AvgIpc) is 2.93. The van der Waals surface area contributed by atoms with E-state index >= 15 is 0 Å². The first kappa shape index (κ1) is 15.7. The molecule has 1 fully saturated rings. The van der Waals surface area contributed by atoms with Crippen LogP contribution in [0.2, 0.25) is 0 Å². The van der Waals surface area contributed by atoms with Gasteiger partial charge in [-0.1, -0.05) is 12.1 Å². The maximum absolute atomic E-state index is 12.1. The molecule has 114 valence electrons. The van der Waals surface area contributed by atoms with Crippen LogP contribution in [0.3, 0.4) is 0 Å². The molecule has 1 aromatic rings. The van der Waals surface area contributed by atoms with Crippen molar-refractivity contribution in [3.63, 3.8) is 0 Å². The third-order valence-electron chi connectivity index (χ3n) is 3.62. The highest BCUT2D eigenvalue weighted by molar-refractivity contribution is 7.99. The number of ether oxygens (including phenoxy) is 1. The summed E-state index contributed by atoms with van der Waals surface area (Å²) in [5.74, 6) is 0.563. The number of carbonyl (C=O) groups is 2. The molecule has 0 aliphatic carbocycles. The van der Waals surface area contributed by atoms with Crippen molar-refractivity contribution in [2.75, 3.05) is 18.2 Å². The lowest BCUT2D eigenvalue weighted by atomic mass is 10.1. The van der Waals surface area contributed by atoms with Crippen molar-refractivity contribution >= 4 is 23.6 Å². The maximum atomic E-state index is 12.1.